The van der Waals surface area contributed by atoms with Crippen LogP contribution in [0.15, 0.2) is 59.8 Å². The van der Waals surface area contributed by atoms with E-state index in [9.17, 15) is 4.79 Å². The Hall–Kier alpha value is -3.06. The van der Waals surface area contributed by atoms with Crippen LogP contribution >= 0.6 is 11.8 Å². The lowest BCUT2D eigenvalue weighted by Crippen LogP contribution is -2.29. The van der Waals surface area contributed by atoms with E-state index in [0.717, 1.165) is 16.9 Å². The number of benzene rings is 2. The average Bonchev–Trinajstić information content (AvgIpc) is 3.17. The number of nitrogens with one attached hydrogen (secondary N) is 2. The van der Waals surface area contributed by atoms with Crippen molar-refractivity contribution in [2.45, 2.75) is 12.1 Å². The van der Waals surface area contributed by atoms with Crippen molar-refractivity contribution < 1.29 is 9.53 Å². The standard InChI is InChI=1S/C21H22N4O2S/c1-16-6-5-9-18(14-16)27-13-12-22-20(26)15-28-21-23-19(24-25-21)11-10-17-7-3-2-4-8-17/h2-11,14H,12-13,15H2,1H3,(H,22,26)(H,23,24,25)/b11-10+. The van der Waals surface area contributed by atoms with Crippen molar-refractivity contribution in [3.63, 3.8) is 0 Å². The normalized spacial score (nSPS) is 10.9. The molecular weight excluding hydrogens is 372 g/mol. The maximum Gasteiger partial charge on any atom is 0.230 e. The van der Waals surface area contributed by atoms with Crippen LogP contribution in [0.25, 0.3) is 12.2 Å². The first-order valence-corrected chi connectivity index (χ1v) is 9.92. The summed E-state index contributed by atoms with van der Waals surface area (Å²) >= 11 is 1.29. The summed E-state index contributed by atoms with van der Waals surface area (Å²) in [6.45, 7) is 2.89. The number of thioether (sulfide) groups is 1. The molecule has 2 aromatic carbocycles. The SMILES string of the molecule is Cc1cccc(OCCNC(=O)CSc2n[nH]c(/C=C/c3ccccc3)n2)c1. The number of nitrogens with zero attached hydrogens (tertiary/aromatic N) is 2. The molecule has 0 saturated carbocycles. The molecule has 0 atom stereocenters. The fourth-order valence-electron chi connectivity index (χ4n) is 2.38. The minimum absolute atomic E-state index is 0.0796. The molecule has 0 aliphatic rings. The van der Waals surface area contributed by atoms with Gasteiger partial charge in [0.05, 0.1) is 12.3 Å². The highest BCUT2D eigenvalue weighted by Gasteiger charge is 2.06. The fraction of sp³-hybridized carbons (Fsp3) is 0.190. The lowest BCUT2D eigenvalue weighted by molar-refractivity contribution is -0.118. The molecule has 3 rings (SSSR count). The van der Waals surface area contributed by atoms with Gasteiger partial charge in [-0.25, -0.2) is 4.98 Å². The van der Waals surface area contributed by atoms with E-state index in [1.54, 1.807) is 0 Å². The van der Waals surface area contributed by atoms with Gasteiger partial charge in [-0.1, -0.05) is 60.3 Å². The molecule has 1 heterocycles. The van der Waals surface area contributed by atoms with Crippen LogP contribution in [-0.2, 0) is 4.79 Å². The molecule has 2 N–H and O–H groups in total. The van der Waals surface area contributed by atoms with Crippen molar-refractivity contribution in [3.8, 4) is 5.75 Å². The van der Waals surface area contributed by atoms with E-state index < -0.39 is 0 Å². The van der Waals surface area contributed by atoms with Crippen LogP contribution in [-0.4, -0.2) is 40.0 Å². The number of ether oxygens (including phenoxy) is 1. The van der Waals surface area contributed by atoms with Gasteiger partial charge < -0.3 is 10.1 Å². The van der Waals surface area contributed by atoms with Crippen LogP contribution in [0.1, 0.15) is 17.0 Å². The van der Waals surface area contributed by atoms with Crippen LogP contribution in [0.5, 0.6) is 5.75 Å². The molecule has 1 amide bonds. The summed E-state index contributed by atoms with van der Waals surface area (Å²) in [5.74, 6) is 1.63. The summed E-state index contributed by atoms with van der Waals surface area (Å²) in [7, 11) is 0. The Morgan fingerprint density at radius 1 is 1.18 bits per heavy atom. The number of amides is 1. The fourth-order valence-corrected chi connectivity index (χ4v) is 3.02. The van der Waals surface area contributed by atoms with Gasteiger partial charge >= 0.3 is 0 Å². The zero-order chi connectivity index (χ0) is 19.6. The predicted molar refractivity (Wildman–Crippen MR) is 112 cm³/mol. The van der Waals surface area contributed by atoms with Gasteiger partial charge in [0.2, 0.25) is 11.1 Å². The van der Waals surface area contributed by atoms with Crippen molar-refractivity contribution in [2.24, 2.45) is 0 Å². The second-order valence-electron chi connectivity index (χ2n) is 6.05. The number of aromatic nitrogens is 3. The van der Waals surface area contributed by atoms with Gasteiger partial charge in [0.1, 0.15) is 18.2 Å². The number of carbonyl (C=O) groups excluding carboxylic acids is 1. The lowest BCUT2D eigenvalue weighted by atomic mass is 10.2. The maximum atomic E-state index is 11.9. The number of H-pyrrole nitrogens is 1. The zero-order valence-electron chi connectivity index (χ0n) is 15.6. The molecule has 0 unspecified atom stereocenters. The van der Waals surface area contributed by atoms with Crippen LogP contribution < -0.4 is 10.1 Å². The van der Waals surface area contributed by atoms with Crippen LogP contribution in [0.3, 0.4) is 0 Å². The van der Waals surface area contributed by atoms with Crippen molar-refractivity contribution in [1.82, 2.24) is 20.5 Å². The zero-order valence-corrected chi connectivity index (χ0v) is 16.4. The first-order chi connectivity index (χ1) is 13.7. The molecule has 0 aliphatic heterocycles. The summed E-state index contributed by atoms with van der Waals surface area (Å²) < 4.78 is 5.61. The van der Waals surface area contributed by atoms with Crippen molar-refractivity contribution >= 4 is 29.8 Å². The molecule has 0 aliphatic carbocycles. The largest absolute Gasteiger partial charge is 0.492 e. The van der Waals surface area contributed by atoms with Crippen molar-refractivity contribution in [2.75, 3.05) is 18.9 Å². The smallest absolute Gasteiger partial charge is 0.230 e. The Balaban J connectivity index is 1.35. The number of aryl methyl sites for hydroxylation is 1. The van der Waals surface area contributed by atoms with E-state index in [1.807, 2.05) is 73.7 Å². The molecule has 0 fully saturated rings. The van der Waals surface area contributed by atoms with E-state index in [4.69, 9.17) is 4.74 Å². The molecule has 0 bridgehead atoms. The molecule has 144 valence electrons. The molecular formula is C21H22N4O2S. The molecule has 28 heavy (non-hydrogen) atoms. The van der Waals surface area contributed by atoms with Gasteiger partial charge in [-0.2, -0.15) is 0 Å². The summed E-state index contributed by atoms with van der Waals surface area (Å²) in [6.07, 6.45) is 3.81. The van der Waals surface area contributed by atoms with E-state index in [-0.39, 0.29) is 11.7 Å². The average molecular weight is 395 g/mol. The Bertz CT molecular complexity index is 925. The van der Waals surface area contributed by atoms with E-state index in [1.165, 1.54) is 11.8 Å². The third-order valence-corrected chi connectivity index (χ3v) is 4.58. The second kappa shape index (κ2) is 10.3. The highest BCUT2D eigenvalue weighted by molar-refractivity contribution is 7.99. The highest BCUT2D eigenvalue weighted by Crippen LogP contribution is 2.13. The summed E-state index contributed by atoms with van der Waals surface area (Å²) in [5, 5.41) is 10.3. The number of rotatable bonds is 9. The first-order valence-electron chi connectivity index (χ1n) is 8.93. The Morgan fingerprint density at radius 3 is 2.86 bits per heavy atom. The van der Waals surface area contributed by atoms with Gasteiger partial charge in [0, 0.05) is 0 Å². The topological polar surface area (TPSA) is 79.9 Å². The first kappa shape index (κ1) is 19.7. The van der Waals surface area contributed by atoms with Crippen LogP contribution in [0, 0.1) is 6.92 Å². The van der Waals surface area contributed by atoms with Gasteiger partial charge in [0.15, 0.2) is 0 Å². The number of carbonyl (C=O) groups is 1. The van der Waals surface area contributed by atoms with Crippen molar-refractivity contribution in [3.05, 3.63) is 71.5 Å². The lowest BCUT2D eigenvalue weighted by Gasteiger charge is -2.07. The third-order valence-electron chi connectivity index (χ3n) is 3.73. The van der Waals surface area contributed by atoms with E-state index in [0.29, 0.717) is 24.1 Å². The Morgan fingerprint density at radius 2 is 2.04 bits per heavy atom. The second-order valence-corrected chi connectivity index (χ2v) is 6.99. The van der Waals surface area contributed by atoms with E-state index >= 15 is 0 Å². The number of hydrogen-bond donors (Lipinski definition) is 2. The van der Waals surface area contributed by atoms with Gasteiger partial charge in [-0.15, -0.1) is 5.10 Å². The monoisotopic (exact) mass is 394 g/mol. The summed E-state index contributed by atoms with van der Waals surface area (Å²) in [5.41, 5.74) is 2.22. The molecule has 7 heteroatoms. The molecule has 0 radical (unpaired) electrons. The molecule has 1 aromatic heterocycles. The molecule has 3 aromatic rings. The maximum absolute atomic E-state index is 11.9. The summed E-state index contributed by atoms with van der Waals surface area (Å²) in [6, 6.07) is 17.8. The number of aromatic amines is 1. The quantitative estimate of drug-likeness (QED) is 0.428. The minimum Gasteiger partial charge on any atom is -0.492 e. The number of hydrogen-bond acceptors (Lipinski definition) is 5. The Labute approximate surface area is 168 Å². The van der Waals surface area contributed by atoms with Crippen LogP contribution in [0.2, 0.25) is 0 Å². The molecule has 6 nitrogen and oxygen atoms in total. The highest BCUT2D eigenvalue weighted by atomic mass is 32.2. The van der Waals surface area contributed by atoms with E-state index in [2.05, 4.69) is 20.5 Å². The van der Waals surface area contributed by atoms with Gasteiger partial charge in [-0.05, 0) is 36.3 Å². The minimum atomic E-state index is -0.0796. The third kappa shape index (κ3) is 6.59. The predicted octanol–water partition coefficient (Wildman–Crippen LogP) is 3.57. The van der Waals surface area contributed by atoms with Gasteiger partial charge in [-0.3, -0.25) is 9.89 Å². The van der Waals surface area contributed by atoms with Gasteiger partial charge in [0.25, 0.3) is 0 Å². The van der Waals surface area contributed by atoms with Crippen LogP contribution in [0.4, 0.5) is 0 Å². The summed E-state index contributed by atoms with van der Waals surface area (Å²) in [4.78, 5) is 16.3. The van der Waals surface area contributed by atoms with Crippen molar-refractivity contribution in [1.29, 1.82) is 0 Å². The molecule has 0 saturated heterocycles. The Kier molecular flexibility index (Phi) is 7.26. The molecule has 0 spiro atoms.